The van der Waals surface area contributed by atoms with Gasteiger partial charge in [0.05, 0.1) is 13.7 Å². The zero-order chi connectivity index (χ0) is 22.1. The number of amides is 1. The zero-order valence-corrected chi connectivity index (χ0v) is 18.4. The number of rotatable bonds is 3. The van der Waals surface area contributed by atoms with Crippen molar-refractivity contribution in [3.05, 3.63) is 130 Å². The topological polar surface area (TPSA) is 29.5 Å². The van der Waals surface area contributed by atoms with Gasteiger partial charge < -0.3 is 9.64 Å². The van der Waals surface area contributed by atoms with Crippen molar-refractivity contribution in [1.82, 2.24) is 0 Å². The molecule has 4 aromatic rings. The van der Waals surface area contributed by atoms with E-state index in [2.05, 4.69) is 24.3 Å². The van der Waals surface area contributed by atoms with Gasteiger partial charge in [-0.15, -0.1) is 0 Å². The third-order valence-electron chi connectivity index (χ3n) is 6.03. The second-order valence-corrected chi connectivity index (χ2v) is 8.24. The molecule has 1 aliphatic heterocycles. The van der Waals surface area contributed by atoms with Crippen molar-refractivity contribution in [2.24, 2.45) is 0 Å². The van der Waals surface area contributed by atoms with Crippen LogP contribution >= 0.6 is 11.6 Å². The fraction of sp³-hybridized carbons (Fsp3) is 0.107. The Hall–Kier alpha value is -3.56. The molecule has 0 saturated carbocycles. The molecule has 158 valence electrons. The summed E-state index contributed by atoms with van der Waals surface area (Å²) in [6.07, 6.45) is 0. The summed E-state index contributed by atoms with van der Waals surface area (Å²) >= 11 is 6.67. The fourth-order valence-corrected chi connectivity index (χ4v) is 4.72. The third-order valence-corrected chi connectivity index (χ3v) is 6.38. The van der Waals surface area contributed by atoms with Crippen LogP contribution in [0.25, 0.3) is 0 Å². The largest absolute Gasteiger partial charge is 0.497 e. The van der Waals surface area contributed by atoms with E-state index in [1.165, 1.54) is 0 Å². The highest BCUT2D eigenvalue weighted by Crippen LogP contribution is 2.44. The van der Waals surface area contributed by atoms with Crippen LogP contribution in [0.5, 0.6) is 5.75 Å². The first-order chi connectivity index (χ1) is 15.7. The highest BCUT2D eigenvalue weighted by Gasteiger charge is 2.32. The molecule has 4 aromatic carbocycles. The van der Waals surface area contributed by atoms with Crippen molar-refractivity contribution in [2.75, 3.05) is 12.0 Å². The summed E-state index contributed by atoms with van der Waals surface area (Å²) in [5.41, 5.74) is 5.89. The molecule has 0 spiro atoms. The average molecular weight is 440 g/mol. The molecule has 0 fully saturated rings. The minimum absolute atomic E-state index is 0.0466. The molecular formula is C28H22ClNO2. The van der Waals surface area contributed by atoms with Crippen LogP contribution in [0.1, 0.15) is 38.5 Å². The van der Waals surface area contributed by atoms with Crippen LogP contribution in [-0.4, -0.2) is 13.0 Å². The molecule has 4 heteroatoms. The van der Waals surface area contributed by atoms with Gasteiger partial charge in [0, 0.05) is 22.2 Å². The van der Waals surface area contributed by atoms with E-state index in [4.69, 9.17) is 16.3 Å². The molecule has 5 rings (SSSR count). The lowest BCUT2D eigenvalue weighted by molar-refractivity contribution is 0.0985. The van der Waals surface area contributed by atoms with Crippen molar-refractivity contribution >= 4 is 23.2 Å². The summed E-state index contributed by atoms with van der Waals surface area (Å²) in [6, 6.07) is 31.6. The second kappa shape index (κ2) is 8.52. The first kappa shape index (κ1) is 20.3. The number of hydrogen-bond acceptors (Lipinski definition) is 2. The monoisotopic (exact) mass is 439 g/mol. The Bertz CT molecular complexity index is 1280. The number of anilines is 1. The molecule has 0 N–H and O–H groups in total. The molecule has 32 heavy (non-hydrogen) atoms. The molecule has 1 heterocycles. The predicted octanol–water partition coefficient (Wildman–Crippen LogP) is 6.69. The Morgan fingerprint density at radius 1 is 0.812 bits per heavy atom. The number of methoxy groups -OCH3 is 1. The quantitative estimate of drug-likeness (QED) is 0.356. The molecule has 1 atom stereocenters. The Balaban J connectivity index is 1.70. The van der Waals surface area contributed by atoms with Gasteiger partial charge in [0.15, 0.2) is 0 Å². The predicted molar refractivity (Wildman–Crippen MR) is 129 cm³/mol. The van der Waals surface area contributed by atoms with Crippen molar-refractivity contribution in [2.45, 2.75) is 12.5 Å². The van der Waals surface area contributed by atoms with Gasteiger partial charge in [-0.3, -0.25) is 4.79 Å². The molecule has 0 aromatic heterocycles. The molecule has 3 nitrogen and oxygen atoms in total. The van der Waals surface area contributed by atoms with Gasteiger partial charge in [-0.2, -0.15) is 0 Å². The number of hydrogen-bond donors (Lipinski definition) is 0. The lowest BCUT2D eigenvalue weighted by Gasteiger charge is -2.25. The molecular weight excluding hydrogens is 418 g/mol. The Labute approximate surface area is 192 Å². The Morgan fingerprint density at radius 2 is 1.44 bits per heavy atom. The minimum Gasteiger partial charge on any atom is -0.497 e. The molecule has 0 saturated heterocycles. The van der Waals surface area contributed by atoms with Gasteiger partial charge in [0.2, 0.25) is 0 Å². The zero-order valence-electron chi connectivity index (χ0n) is 17.7. The van der Waals surface area contributed by atoms with Crippen molar-refractivity contribution in [1.29, 1.82) is 0 Å². The van der Waals surface area contributed by atoms with Gasteiger partial charge in [0.25, 0.3) is 5.91 Å². The number of halogens is 1. The van der Waals surface area contributed by atoms with E-state index < -0.39 is 0 Å². The van der Waals surface area contributed by atoms with Crippen molar-refractivity contribution in [3.63, 3.8) is 0 Å². The first-order valence-corrected chi connectivity index (χ1v) is 10.9. The summed E-state index contributed by atoms with van der Waals surface area (Å²) in [5, 5.41) is 0.719. The van der Waals surface area contributed by atoms with Crippen LogP contribution < -0.4 is 9.64 Å². The van der Waals surface area contributed by atoms with Crippen LogP contribution in [-0.2, 0) is 6.54 Å². The number of nitrogens with zero attached hydrogens (tertiary/aromatic N) is 1. The third kappa shape index (κ3) is 3.55. The maximum absolute atomic E-state index is 13.7. The number of fused-ring (bicyclic) bond motifs is 2. The van der Waals surface area contributed by atoms with E-state index in [0.717, 1.165) is 38.7 Å². The molecule has 0 radical (unpaired) electrons. The minimum atomic E-state index is -0.0650. The molecule has 1 aliphatic rings. The lowest BCUT2D eigenvalue weighted by atomic mass is 9.83. The van der Waals surface area contributed by atoms with E-state index in [-0.39, 0.29) is 11.8 Å². The molecule has 1 unspecified atom stereocenters. The van der Waals surface area contributed by atoms with E-state index in [9.17, 15) is 4.79 Å². The van der Waals surface area contributed by atoms with Crippen molar-refractivity contribution in [3.8, 4) is 5.75 Å². The van der Waals surface area contributed by atoms with E-state index >= 15 is 0 Å². The summed E-state index contributed by atoms with van der Waals surface area (Å²) in [6.45, 7) is 0.485. The number of carbonyl (C=O) groups is 1. The maximum Gasteiger partial charge on any atom is 0.258 e. The molecule has 0 aliphatic carbocycles. The maximum atomic E-state index is 13.7. The normalized spacial score (nSPS) is 14.8. The van der Waals surface area contributed by atoms with Crippen LogP contribution in [0.3, 0.4) is 0 Å². The summed E-state index contributed by atoms with van der Waals surface area (Å²) < 4.78 is 5.25. The smallest absolute Gasteiger partial charge is 0.258 e. The summed E-state index contributed by atoms with van der Waals surface area (Å²) in [4.78, 5) is 15.6. The summed E-state index contributed by atoms with van der Waals surface area (Å²) in [7, 11) is 1.62. The first-order valence-electron chi connectivity index (χ1n) is 10.5. The fourth-order valence-electron chi connectivity index (χ4n) is 4.48. The van der Waals surface area contributed by atoms with Gasteiger partial charge in [0.1, 0.15) is 5.75 Å². The van der Waals surface area contributed by atoms with E-state index in [0.29, 0.717) is 12.1 Å². The van der Waals surface area contributed by atoms with E-state index in [1.54, 1.807) is 7.11 Å². The van der Waals surface area contributed by atoms with Crippen LogP contribution in [0.15, 0.2) is 97.1 Å². The summed E-state index contributed by atoms with van der Waals surface area (Å²) in [5.74, 6) is 0.612. The number of ether oxygens (including phenoxy) is 1. The van der Waals surface area contributed by atoms with E-state index in [1.807, 2.05) is 77.7 Å². The average Bonchev–Trinajstić information content (AvgIpc) is 2.99. The van der Waals surface area contributed by atoms with Gasteiger partial charge in [-0.25, -0.2) is 0 Å². The number of para-hydroxylation sites is 1. The molecule has 0 bridgehead atoms. The number of carbonyl (C=O) groups excluding carboxylic acids is 1. The lowest BCUT2D eigenvalue weighted by Crippen LogP contribution is -2.30. The van der Waals surface area contributed by atoms with Gasteiger partial charge in [-0.05, 0) is 58.7 Å². The second-order valence-electron chi connectivity index (χ2n) is 7.83. The van der Waals surface area contributed by atoms with Gasteiger partial charge in [-0.1, -0.05) is 72.3 Å². The number of benzene rings is 4. The molecule has 1 amide bonds. The Kier molecular flexibility index (Phi) is 5.42. The SMILES string of the molecule is COc1ccc(C(=O)N2Cc3ccccc3C(c3ccccc3Cl)c3ccccc32)cc1. The van der Waals surface area contributed by atoms with Gasteiger partial charge >= 0.3 is 0 Å². The van der Waals surface area contributed by atoms with Crippen LogP contribution in [0, 0.1) is 0 Å². The van der Waals surface area contributed by atoms with Crippen molar-refractivity contribution < 1.29 is 9.53 Å². The highest BCUT2D eigenvalue weighted by molar-refractivity contribution is 6.31. The standard InChI is InChI=1S/C28H22ClNO2/c1-32-21-16-14-19(15-17-21)28(31)30-18-20-8-2-3-9-22(20)27(23-10-4-6-12-25(23)29)24-11-5-7-13-26(24)30/h2-17,27H,18H2,1H3. The Morgan fingerprint density at radius 3 is 2.16 bits per heavy atom. The van der Waals surface area contributed by atoms with Crippen LogP contribution in [0.4, 0.5) is 5.69 Å². The van der Waals surface area contributed by atoms with Crippen LogP contribution in [0.2, 0.25) is 5.02 Å². The highest BCUT2D eigenvalue weighted by atomic mass is 35.5.